The van der Waals surface area contributed by atoms with Crippen molar-refractivity contribution in [2.24, 2.45) is 0 Å². The Morgan fingerprint density at radius 1 is 1.05 bits per heavy atom. The van der Waals surface area contributed by atoms with Gasteiger partial charge in [-0.3, -0.25) is 4.79 Å². The van der Waals surface area contributed by atoms with Crippen molar-refractivity contribution in [1.29, 1.82) is 0 Å². The lowest BCUT2D eigenvalue weighted by molar-refractivity contribution is 0.105. The number of carbonyl (C=O) groups is 1. The van der Waals surface area contributed by atoms with Gasteiger partial charge in [0.25, 0.3) is 0 Å². The molecule has 0 aliphatic heterocycles. The highest BCUT2D eigenvalue weighted by atomic mass is 16.5. The van der Waals surface area contributed by atoms with Gasteiger partial charge in [0.05, 0.1) is 7.11 Å². The van der Waals surface area contributed by atoms with Crippen LogP contribution < -0.4 is 4.74 Å². The van der Waals surface area contributed by atoms with Gasteiger partial charge in [0.2, 0.25) is 5.78 Å². The van der Waals surface area contributed by atoms with Gasteiger partial charge in [0.1, 0.15) is 5.75 Å². The average Bonchev–Trinajstić information content (AvgIpc) is 2.46. The first-order valence-corrected chi connectivity index (χ1v) is 5.97. The molecule has 0 heterocycles. The first-order chi connectivity index (χ1) is 9.20. The molecule has 19 heavy (non-hydrogen) atoms. The van der Waals surface area contributed by atoms with E-state index < -0.39 is 0 Å². The van der Waals surface area contributed by atoms with Crippen molar-refractivity contribution in [3.8, 4) is 17.6 Å². The summed E-state index contributed by atoms with van der Waals surface area (Å²) < 4.78 is 5.05. The van der Waals surface area contributed by atoms with E-state index in [9.17, 15) is 4.79 Å². The number of aryl methyl sites for hydroxylation is 1. The van der Waals surface area contributed by atoms with Crippen LogP contribution in [-0.2, 0) is 0 Å². The number of methoxy groups -OCH3 is 1. The van der Waals surface area contributed by atoms with Crippen molar-refractivity contribution in [2.45, 2.75) is 6.92 Å². The Balaban J connectivity index is 2.20. The summed E-state index contributed by atoms with van der Waals surface area (Å²) in [5, 5.41) is 0. The molecule has 0 fully saturated rings. The quantitative estimate of drug-likeness (QED) is 0.604. The highest BCUT2D eigenvalue weighted by Gasteiger charge is 2.02. The predicted molar refractivity (Wildman–Crippen MR) is 75.4 cm³/mol. The summed E-state index contributed by atoms with van der Waals surface area (Å²) in [6.45, 7) is 1.97. The van der Waals surface area contributed by atoms with E-state index in [0.29, 0.717) is 5.56 Å². The van der Waals surface area contributed by atoms with Crippen LogP contribution in [0, 0.1) is 18.8 Å². The zero-order valence-corrected chi connectivity index (χ0v) is 10.9. The molecule has 0 bridgehead atoms. The van der Waals surface area contributed by atoms with Gasteiger partial charge in [-0.1, -0.05) is 24.1 Å². The molecule has 2 heteroatoms. The number of hydrogen-bond donors (Lipinski definition) is 0. The van der Waals surface area contributed by atoms with Gasteiger partial charge in [-0.25, -0.2) is 0 Å². The fourth-order valence-corrected chi connectivity index (χ4v) is 1.65. The minimum absolute atomic E-state index is 0.189. The molecule has 0 atom stereocenters. The second-order valence-corrected chi connectivity index (χ2v) is 4.12. The Hall–Kier alpha value is -2.53. The lowest BCUT2D eigenvalue weighted by Gasteiger charge is -1.99. The SMILES string of the molecule is COc1ccc(C(=O)C#Cc2ccccc2C)cc1. The van der Waals surface area contributed by atoms with Crippen LogP contribution in [0.1, 0.15) is 21.5 Å². The molecule has 2 rings (SSSR count). The summed E-state index contributed by atoms with van der Waals surface area (Å²) in [7, 11) is 1.59. The summed E-state index contributed by atoms with van der Waals surface area (Å²) in [4.78, 5) is 11.9. The number of Topliss-reactive ketones (excluding diaryl/α,β-unsaturated/α-hetero) is 1. The second kappa shape index (κ2) is 5.88. The van der Waals surface area contributed by atoms with Gasteiger partial charge in [0.15, 0.2) is 0 Å². The van der Waals surface area contributed by atoms with Gasteiger partial charge >= 0.3 is 0 Å². The molecule has 0 amide bonds. The molecule has 0 radical (unpaired) electrons. The summed E-state index contributed by atoms with van der Waals surface area (Å²) in [5.74, 6) is 6.11. The van der Waals surface area contributed by atoms with Crippen LogP contribution in [0.5, 0.6) is 5.75 Å². The van der Waals surface area contributed by atoms with Crippen molar-refractivity contribution in [2.75, 3.05) is 7.11 Å². The third-order valence-electron chi connectivity index (χ3n) is 2.81. The normalized spacial score (nSPS) is 9.37. The monoisotopic (exact) mass is 250 g/mol. The fourth-order valence-electron chi connectivity index (χ4n) is 1.65. The third kappa shape index (κ3) is 3.23. The van der Waals surface area contributed by atoms with Crippen molar-refractivity contribution >= 4 is 5.78 Å². The lowest BCUT2D eigenvalue weighted by atomic mass is 10.1. The van der Waals surface area contributed by atoms with Gasteiger partial charge in [-0.05, 0) is 48.7 Å². The summed E-state index contributed by atoms with van der Waals surface area (Å²) in [5.41, 5.74) is 2.52. The van der Waals surface area contributed by atoms with Gasteiger partial charge < -0.3 is 4.74 Å². The van der Waals surface area contributed by atoms with E-state index in [1.807, 2.05) is 31.2 Å². The van der Waals surface area contributed by atoms with E-state index in [-0.39, 0.29) is 5.78 Å². The maximum Gasteiger partial charge on any atom is 0.236 e. The van der Waals surface area contributed by atoms with E-state index in [1.54, 1.807) is 31.4 Å². The molecule has 2 aromatic carbocycles. The molecule has 0 saturated heterocycles. The number of carbonyl (C=O) groups excluding carboxylic acids is 1. The van der Waals surface area contributed by atoms with E-state index in [2.05, 4.69) is 11.8 Å². The van der Waals surface area contributed by atoms with E-state index >= 15 is 0 Å². The number of ether oxygens (including phenoxy) is 1. The molecular formula is C17H14O2. The van der Waals surface area contributed by atoms with Gasteiger partial charge in [-0.2, -0.15) is 0 Å². The van der Waals surface area contributed by atoms with E-state index in [0.717, 1.165) is 16.9 Å². The summed E-state index contributed by atoms with van der Waals surface area (Å²) in [6.07, 6.45) is 0. The molecule has 0 saturated carbocycles. The molecule has 94 valence electrons. The van der Waals surface area contributed by atoms with Crippen LogP contribution in [0.4, 0.5) is 0 Å². The average molecular weight is 250 g/mol. The van der Waals surface area contributed by atoms with Crippen molar-refractivity contribution in [3.63, 3.8) is 0 Å². The molecule has 0 unspecified atom stereocenters. The Morgan fingerprint density at radius 2 is 1.74 bits per heavy atom. The lowest BCUT2D eigenvalue weighted by Crippen LogP contribution is -1.95. The highest BCUT2D eigenvalue weighted by molar-refractivity contribution is 6.09. The highest BCUT2D eigenvalue weighted by Crippen LogP contribution is 2.11. The maximum atomic E-state index is 11.9. The smallest absolute Gasteiger partial charge is 0.236 e. The number of hydrogen-bond acceptors (Lipinski definition) is 2. The van der Waals surface area contributed by atoms with Crippen LogP contribution in [0.3, 0.4) is 0 Å². The van der Waals surface area contributed by atoms with Crippen molar-refractivity contribution in [1.82, 2.24) is 0 Å². The number of ketones is 1. The molecule has 2 nitrogen and oxygen atoms in total. The Kier molecular flexibility index (Phi) is 4.00. The summed E-state index contributed by atoms with van der Waals surface area (Å²) in [6, 6.07) is 14.7. The topological polar surface area (TPSA) is 26.3 Å². The first-order valence-electron chi connectivity index (χ1n) is 5.97. The standard InChI is InChI=1S/C17H14O2/c1-13-5-3-4-6-14(13)9-12-17(18)15-7-10-16(19-2)11-8-15/h3-8,10-11H,1-2H3. The minimum Gasteiger partial charge on any atom is -0.497 e. The molecule has 0 aliphatic rings. The Bertz CT molecular complexity index is 643. The molecular weight excluding hydrogens is 236 g/mol. The van der Waals surface area contributed by atoms with Crippen LogP contribution >= 0.6 is 0 Å². The van der Waals surface area contributed by atoms with Crippen LogP contribution in [0.25, 0.3) is 0 Å². The molecule has 0 aromatic heterocycles. The minimum atomic E-state index is -0.189. The van der Waals surface area contributed by atoms with Crippen LogP contribution in [0.15, 0.2) is 48.5 Å². The Labute approximate surface area is 113 Å². The fraction of sp³-hybridized carbons (Fsp3) is 0.118. The Morgan fingerprint density at radius 3 is 2.37 bits per heavy atom. The molecule has 0 spiro atoms. The van der Waals surface area contributed by atoms with Gasteiger partial charge in [0, 0.05) is 11.1 Å². The predicted octanol–water partition coefficient (Wildman–Crippen LogP) is 3.24. The van der Waals surface area contributed by atoms with Crippen molar-refractivity contribution < 1.29 is 9.53 Å². The first kappa shape index (κ1) is 12.9. The largest absolute Gasteiger partial charge is 0.497 e. The number of rotatable bonds is 2. The summed E-state index contributed by atoms with van der Waals surface area (Å²) >= 11 is 0. The number of benzene rings is 2. The van der Waals surface area contributed by atoms with Crippen molar-refractivity contribution in [3.05, 3.63) is 65.2 Å². The van der Waals surface area contributed by atoms with E-state index in [1.165, 1.54) is 0 Å². The van der Waals surface area contributed by atoms with Gasteiger partial charge in [-0.15, -0.1) is 0 Å². The van der Waals surface area contributed by atoms with Crippen LogP contribution in [-0.4, -0.2) is 12.9 Å². The zero-order chi connectivity index (χ0) is 13.7. The zero-order valence-electron chi connectivity index (χ0n) is 10.9. The maximum absolute atomic E-state index is 11.9. The van der Waals surface area contributed by atoms with Crippen LogP contribution in [0.2, 0.25) is 0 Å². The molecule has 0 aliphatic carbocycles. The van der Waals surface area contributed by atoms with E-state index in [4.69, 9.17) is 4.74 Å². The second-order valence-electron chi connectivity index (χ2n) is 4.12. The molecule has 0 N–H and O–H groups in total. The molecule has 2 aromatic rings. The third-order valence-corrected chi connectivity index (χ3v) is 2.81.